The molecule has 0 saturated carbocycles. The number of aromatic nitrogens is 1. The van der Waals surface area contributed by atoms with Gasteiger partial charge >= 0.3 is 5.97 Å². The minimum absolute atomic E-state index is 0.0854. The van der Waals surface area contributed by atoms with Crippen LogP contribution in [0.5, 0.6) is 5.75 Å². The van der Waals surface area contributed by atoms with Crippen molar-refractivity contribution in [2.24, 2.45) is 0 Å². The number of pyridine rings is 1. The van der Waals surface area contributed by atoms with Crippen LogP contribution in [0.1, 0.15) is 43.6 Å². The lowest BCUT2D eigenvalue weighted by molar-refractivity contribution is 0.0716. The molecule has 4 aromatic rings. The van der Waals surface area contributed by atoms with E-state index in [1.54, 1.807) is 11.8 Å². The van der Waals surface area contributed by atoms with E-state index >= 15 is 0 Å². The summed E-state index contributed by atoms with van der Waals surface area (Å²) in [5.74, 6) is -4.24. The Balaban J connectivity index is 1.50. The molecule has 3 heterocycles. The van der Waals surface area contributed by atoms with Crippen LogP contribution in [0.2, 0.25) is 0 Å². The monoisotopic (exact) mass is 531 g/mol. The van der Waals surface area contributed by atoms with Gasteiger partial charge in [0.2, 0.25) is 11.2 Å². The van der Waals surface area contributed by atoms with Crippen molar-refractivity contribution in [3.05, 3.63) is 129 Å². The summed E-state index contributed by atoms with van der Waals surface area (Å²) in [5.41, 5.74) is 1.13. The Labute approximate surface area is 219 Å². The summed E-state index contributed by atoms with van der Waals surface area (Å²) in [6.45, 7) is 0.0854. The number of hydrogen-bond acceptors (Lipinski definition) is 6. The van der Waals surface area contributed by atoms with Crippen molar-refractivity contribution in [1.82, 2.24) is 9.99 Å². The van der Waals surface area contributed by atoms with Crippen molar-refractivity contribution in [2.75, 3.05) is 11.7 Å². The van der Waals surface area contributed by atoms with Crippen molar-refractivity contribution in [3.63, 3.8) is 0 Å². The van der Waals surface area contributed by atoms with E-state index in [1.807, 2.05) is 53.5 Å². The minimum atomic E-state index is -1.42. The molecule has 0 fully saturated rings. The number of ether oxygens (including phenoxy) is 1. The number of nitrogens with zero attached hydrogens (tertiary/aromatic N) is 2. The topological polar surface area (TPSA) is 80.6 Å². The molecule has 1 aromatic heterocycles. The minimum Gasteiger partial charge on any atom is -0.416 e. The summed E-state index contributed by atoms with van der Waals surface area (Å²) in [7, 11) is 0. The van der Waals surface area contributed by atoms with E-state index in [4.69, 9.17) is 4.74 Å². The van der Waals surface area contributed by atoms with Gasteiger partial charge in [0.15, 0.2) is 5.69 Å². The Morgan fingerprint density at radius 2 is 1.63 bits per heavy atom. The number of thioether (sulfide) groups is 1. The van der Waals surface area contributed by atoms with Crippen LogP contribution in [-0.2, 0) is 5.75 Å². The second-order valence-corrected chi connectivity index (χ2v) is 9.74. The van der Waals surface area contributed by atoms with Crippen LogP contribution < -0.4 is 20.5 Å². The van der Waals surface area contributed by atoms with Gasteiger partial charge in [-0.05, 0) is 34.9 Å². The Morgan fingerprint density at radius 1 is 0.921 bits per heavy atom. The summed E-state index contributed by atoms with van der Waals surface area (Å²) in [5, 5.41) is 4.60. The van der Waals surface area contributed by atoms with Crippen LogP contribution in [0.4, 0.5) is 8.78 Å². The van der Waals surface area contributed by atoms with Gasteiger partial charge in [0, 0.05) is 22.9 Å². The van der Waals surface area contributed by atoms with E-state index in [0.717, 1.165) is 51.6 Å². The van der Waals surface area contributed by atoms with E-state index in [0.29, 0.717) is 0 Å². The van der Waals surface area contributed by atoms with E-state index < -0.39 is 40.3 Å². The number of carbonyl (C=O) groups excluding carboxylic acids is 2. The molecule has 1 atom stereocenters. The lowest BCUT2D eigenvalue weighted by Crippen LogP contribution is -2.54. The molecule has 10 heteroatoms. The smallest absolute Gasteiger partial charge is 0.349 e. The maximum absolute atomic E-state index is 14.2. The zero-order valence-corrected chi connectivity index (χ0v) is 20.5. The first-order chi connectivity index (χ1) is 18.4. The predicted octanol–water partition coefficient (Wildman–Crippen LogP) is 4.38. The van der Waals surface area contributed by atoms with E-state index in [9.17, 15) is 23.2 Å². The molecule has 1 amide bonds. The normalized spacial score (nSPS) is 16.0. The molecule has 190 valence electrons. The number of carbonyl (C=O) groups is 2. The summed E-state index contributed by atoms with van der Waals surface area (Å²) in [6, 6.07) is 19.6. The molecule has 38 heavy (non-hydrogen) atoms. The third-order valence-electron chi connectivity index (χ3n) is 6.53. The summed E-state index contributed by atoms with van der Waals surface area (Å²) < 4.78 is 35.1. The molecule has 1 N–H and O–H groups in total. The van der Waals surface area contributed by atoms with Gasteiger partial charge in [-0.2, -0.15) is 0 Å². The highest BCUT2D eigenvalue weighted by molar-refractivity contribution is 7.98. The summed E-state index contributed by atoms with van der Waals surface area (Å²) in [6.07, 6.45) is 1.43. The van der Waals surface area contributed by atoms with Gasteiger partial charge in [-0.3, -0.25) is 19.3 Å². The van der Waals surface area contributed by atoms with Crippen molar-refractivity contribution >= 4 is 23.6 Å². The number of fused-ring (bicyclic) bond motifs is 3. The molecule has 0 spiro atoms. The maximum Gasteiger partial charge on any atom is 0.349 e. The van der Waals surface area contributed by atoms with E-state index in [1.165, 1.54) is 10.9 Å². The summed E-state index contributed by atoms with van der Waals surface area (Å²) in [4.78, 5) is 39.7. The van der Waals surface area contributed by atoms with Crippen molar-refractivity contribution in [1.29, 1.82) is 0 Å². The Morgan fingerprint density at radius 3 is 2.42 bits per heavy atom. The van der Waals surface area contributed by atoms with Crippen LogP contribution in [0.15, 0.2) is 88.7 Å². The average molecular weight is 532 g/mol. The third-order valence-corrected chi connectivity index (χ3v) is 7.67. The van der Waals surface area contributed by atoms with Crippen LogP contribution in [0.25, 0.3) is 0 Å². The second kappa shape index (κ2) is 9.46. The molecule has 2 aliphatic rings. The number of rotatable bonds is 3. The largest absolute Gasteiger partial charge is 0.416 e. The molecule has 0 aliphatic carbocycles. The molecule has 3 aromatic carbocycles. The average Bonchev–Trinajstić information content (AvgIpc) is 3.07. The highest BCUT2D eigenvalue weighted by Crippen LogP contribution is 2.42. The molecular formula is C28H19F2N3O4S. The number of nitrogens with one attached hydrogen (secondary N) is 1. The molecule has 2 aliphatic heterocycles. The molecular weight excluding hydrogens is 512 g/mol. The molecule has 1 unspecified atom stereocenters. The number of amides is 1. The number of halogens is 2. The molecule has 0 bridgehead atoms. The molecule has 7 nitrogen and oxygen atoms in total. The van der Waals surface area contributed by atoms with Crippen LogP contribution in [0.3, 0.4) is 0 Å². The van der Waals surface area contributed by atoms with Crippen molar-refractivity contribution in [3.8, 4) is 5.75 Å². The van der Waals surface area contributed by atoms with Gasteiger partial charge in [0.05, 0.1) is 6.04 Å². The highest BCUT2D eigenvalue weighted by atomic mass is 32.2. The van der Waals surface area contributed by atoms with Gasteiger partial charge in [-0.1, -0.05) is 48.5 Å². The number of esters is 1. The fourth-order valence-electron chi connectivity index (χ4n) is 4.81. The van der Waals surface area contributed by atoms with Gasteiger partial charge in [-0.15, -0.1) is 11.8 Å². The lowest BCUT2D eigenvalue weighted by atomic mass is 9.94. The SMILES string of the molecule is O=C(Oc1c2n(ccc1=O)N(C1c3ccccc3CSc3ccccc31)CNC2=O)c1c(F)cccc1F. The van der Waals surface area contributed by atoms with Crippen molar-refractivity contribution in [2.45, 2.75) is 16.7 Å². The van der Waals surface area contributed by atoms with Gasteiger partial charge in [0.1, 0.15) is 23.9 Å². The third kappa shape index (κ3) is 3.93. The molecule has 0 radical (unpaired) electrons. The quantitative estimate of drug-likeness (QED) is 0.396. The van der Waals surface area contributed by atoms with Gasteiger partial charge in [-0.25, -0.2) is 13.6 Å². The standard InChI is InChI=1S/C28H19F2N3O4S/c29-19-9-5-10-20(30)23(19)28(36)37-26-21(34)12-13-32-25(26)27(35)31-15-33(32)24-17-7-2-1-6-16(17)14-38-22-11-4-3-8-18(22)24/h1-13,24H,14-15H2,(H,31,35). The van der Waals surface area contributed by atoms with Crippen LogP contribution in [0, 0.1) is 11.6 Å². The Hall–Kier alpha value is -4.44. The highest BCUT2D eigenvalue weighted by Gasteiger charge is 2.36. The van der Waals surface area contributed by atoms with Crippen molar-refractivity contribution < 1.29 is 23.1 Å². The number of hydrogen-bond donors (Lipinski definition) is 1. The zero-order valence-electron chi connectivity index (χ0n) is 19.7. The van der Waals surface area contributed by atoms with Crippen LogP contribution >= 0.6 is 11.8 Å². The van der Waals surface area contributed by atoms with E-state index in [-0.39, 0.29) is 18.4 Å². The molecule has 6 rings (SSSR count). The zero-order chi connectivity index (χ0) is 26.4. The Kier molecular flexibility index (Phi) is 5.96. The Bertz CT molecular complexity index is 1600. The summed E-state index contributed by atoms with van der Waals surface area (Å²) >= 11 is 1.70. The van der Waals surface area contributed by atoms with Crippen LogP contribution in [-0.4, -0.2) is 23.2 Å². The van der Waals surface area contributed by atoms with Gasteiger partial charge < -0.3 is 10.1 Å². The first kappa shape index (κ1) is 23.9. The lowest BCUT2D eigenvalue weighted by Gasteiger charge is -2.40. The second-order valence-electron chi connectivity index (χ2n) is 8.72. The predicted molar refractivity (Wildman–Crippen MR) is 137 cm³/mol. The molecule has 0 saturated heterocycles. The maximum atomic E-state index is 14.2. The van der Waals surface area contributed by atoms with E-state index in [2.05, 4.69) is 5.32 Å². The first-order valence-corrected chi connectivity index (χ1v) is 12.7. The number of benzene rings is 3. The van der Waals surface area contributed by atoms with Gasteiger partial charge in [0.25, 0.3) is 5.91 Å². The fourth-order valence-corrected chi connectivity index (χ4v) is 5.90. The fraction of sp³-hybridized carbons (Fsp3) is 0.107. The first-order valence-electron chi connectivity index (χ1n) is 11.7.